The van der Waals surface area contributed by atoms with E-state index in [1.165, 1.54) is 11.1 Å². The maximum absolute atomic E-state index is 5.50. The molecule has 0 saturated heterocycles. The third-order valence-electron chi connectivity index (χ3n) is 3.00. The summed E-state index contributed by atoms with van der Waals surface area (Å²) in [5, 5.41) is 0. The van der Waals surface area contributed by atoms with Crippen LogP contribution in [0.25, 0.3) is 11.0 Å². The van der Waals surface area contributed by atoms with Gasteiger partial charge in [-0.05, 0) is 38.8 Å². The summed E-state index contributed by atoms with van der Waals surface area (Å²) < 4.78 is 2.20. The topological polar surface area (TPSA) is 56.7 Å². The highest BCUT2D eigenvalue weighted by molar-refractivity contribution is 5.78. The number of pyridine rings is 1. The Bertz CT molecular complexity index is 487. The Kier molecular flexibility index (Phi) is 3.19. The average Bonchev–Trinajstić information content (AvgIpc) is 2.68. The maximum atomic E-state index is 5.50. The quantitative estimate of drug-likeness (QED) is 0.796. The van der Waals surface area contributed by atoms with E-state index in [0.29, 0.717) is 0 Å². The number of rotatable bonds is 4. The average molecular weight is 218 g/mol. The van der Waals surface area contributed by atoms with Crippen LogP contribution in [0.5, 0.6) is 0 Å². The van der Waals surface area contributed by atoms with E-state index in [2.05, 4.69) is 21.5 Å². The normalized spacial score (nSPS) is 11.2. The minimum absolute atomic E-state index is 0.756. The summed E-state index contributed by atoms with van der Waals surface area (Å²) in [6.45, 7) is 5.88. The van der Waals surface area contributed by atoms with Crippen molar-refractivity contribution in [3.8, 4) is 0 Å². The van der Waals surface area contributed by atoms with E-state index in [4.69, 9.17) is 5.73 Å². The van der Waals surface area contributed by atoms with Crippen molar-refractivity contribution in [1.29, 1.82) is 0 Å². The van der Waals surface area contributed by atoms with Crippen molar-refractivity contribution >= 4 is 11.0 Å². The Labute approximate surface area is 95.5 Å². The highest BCUT2D eigenvalue weighted by Gasteiger charge is 2.07. The van der Waals surface area contributed by atoms with Crippen LogP contribution in [0.1, 0.15) is 24.1 Å². The second-order valence-corrected chi connectivity index (χ2v) is 4.14. The number of aromatic nitrogens is 3. The summed E-state index contributed by atoms with van der Waals surface area (Å²) in [4.78, 5) is 8.69. The molecule has 0 atom stereocenters. The molecule has 0 fully saturated rings. The monoisotopic (exact) mass is 218 g/mol. The second-order valence-electron chi connectivity index (χ2n) is 4.14. The van der Waals surface area contributed by atoms with E-state index in [-0.39, 0.29) is 0 Å². The summed E-state index contributed by atoms with van der Waals surface area (Å²) in [6, 6.07) is 0. The number of imidazole rings is 1. The van der Waals surface area contributed by atoms with E-state index < -0.39 is 0 Å². The summed E-state index contributed by atoms with van der Waals surface area (Å²) in [5.74, 6) is 0. The van der Waals surface area contributed by atoms with E-state index >= 15 is 0 Å². The van der Waals surface area contributed by atoms with Crippen LogP contribution >= 0.6 is 0 Å². The zero-order valence-corrected chi connectivity index (χ0v) is 9.90. The van der Waals surface area contributed by atoms with Crippen molar-refractivity contribution in [3.05, 3.63) is 23.8 Å². The Hall–Kier alpha value is -1.42. The standard InChI is InChI=1S/C12H18N4/c1-9-10(2)14-7-11-12(9)16(8-15-11)6-4-3-5-13/h7-8H,3-6,13H2,1-2H3. The van der Waals surface area contributed by atoms with Crippen LogP contribution in [0.3, 0.4) is 0 Å². The fraction of sp³-hybridized carbons (Fsp3) is 0.500. The molecular weight excluding hydrogens is 200 g/mol. The van der Waals surface area contributed by atoms with Crippen LogP contribution in [0.2, 0.25) is 0 Å². The zero-order valence-electron chi connectivity index (χ0n) is 9.90. The van der Waals surface area contributed by atoms with Crippen LogP contribution in [0.4, 0.5) is 0 Å². The first-order valence-corrected chi connectivity index (χ1v) is 5.71. The fourth-order valence-electron chi connectivity index (χ4n) is 1.92. The van der Waals surface area contributed by atoms with Gasteiger partial charge in [0, 0.05) is 12.2 Å². The largest absolute Gasteiger partial charge is 0.330 e. The van der Waals surface area contributed by atoms with Crippen LogP contribution in [-0.4, -0.2) is 21.1 Å². The third kappa shape index (κ3) is 1.93. The molecule has 0 aliphatic carbocycles. The van der Waals surface area contributed by atoms with Gasteiger partial charge in [0.15, 0.2) is 0 Å². The Balaban J connectivity index is 2.35. The first-order valence-electron chi connectivity index (χ1n) is 5.71. The molecular formula is C12H18N4. The minimum Gasteiger partial charge on any atom is -0.330 e. The van der Waals surface area contributed by atoms with Crippen molar-refractivity contribution in [3.63, 3.8) is 0 Å². The van der Waals surface area contributed by atoms with Crippen molar-refractivity contribution < 1.29 is 0 Å². The Morgan fingerprint density at radius 2 is 2.06 bits per heavy atom. The lowest BCUT2D eigenvalue weighted by Crippen LogP contribution is -2.03. The van der Waals surface area contributed by atoms with Crippen LogP contribution in [0.15, 0.2) is 12.5 Å². The molecule has 0 aliphatic heterocycles. The Morgan fingerprint density at radius 1 is 1.25 bits per heavy atom. The van der Waals surface area contributed by atoms with Crippen molar-refractivity contribution in [2.45, 2.75) is 33.2 Å². The lowest BCUT2D eigenvalue weighted by atomic mass is 10.2. The number of unbranched alkanes of at least 4 members (excludes halogenated alkanes) is 1. The molecule has 0 saturated carbocycles. The van der Waals surface area contributed by atoms with Gasteiger partial charge >= 0.3 is 0 Å². The fourth-order valence-corrected chi connectivity index (χ4v) is 1.92. The van der Waals surface area contributed by atoms with Gasteiger partial charge in [-0.3, -0.25) is 4.98 Å². The third-order valence-corrected chi connectivity index (χ3v) is 3.00. The summed E-state index contributed by atoms with van der Waals surface area (Å²) in [7, 11) is 0. The smallest absolute Gasteiger partial charge is 0.107 e. The van der Waals surface area contributed by atoms with E-state index in [9.17, 15) is 0 Å². The highest BCUT2D eigenvalue weighted by atomic mass is 15.0. The highest BCUT2D eigenvalue weighted by Crippen LogP contribution is 2.18. The predicted octanol–water partition coefficient (Wildman–Crippen LogP) is 1.79. The molecule has 0 bridgehead atoms. The van der Waals surface area contributed by atoms with Crippen molar-refractivity contribution in [1.82, 2.24) is 14.5 Å². The number of nitrogens with two attached hydrogens (primary N) is 1. The number of aryl methyl sites for hydroxylation is 3. The minimum atomic E-state index is 0.756. The van der Waals surface area contributed by atoms with Gasteiger partial charge in [0.05, 0.1) is 18.0 Å². The zero-order chi connectivity index (χ0) is 11.5. The van der Waals surface area contributed by atoms with Crippen molar-refractivity contribution in [2.24, 2.45) is 5.73 Å². The van der Waals surface area contributed by atoms with Crippen LogP contribution < -0.4 is 5.73 Å². The maximum Gasteiger partial charge on any atom is 0.107 e. The molecule has 2 aromatic heterocycles. The molecule has 0 unspecified atom stereocenters. The van der Waals surface area contributed by atoms with Gasteiger partial charge in [-0.25, -0.2) is 4.98 Å². The lowest BCUT2D eigenvalue weighted by Gasteiger charge is -2.07. The SMILES string of the molecule is Cc1ncc2ncn(CCCCN)c2c1C. The first-order chi connectivity index (χ1) is 7.74. The number of hydrogen-bond acceptors (Lipinski definition) is 3. The van der Waals surface area contributed by atoms with Gasteiger partial charge in [-0.15, -0.1) is 0 Å². The molecule has 0 aliphatic rings. The van der Waals surface area contributed by atoms with Gasteiger partial charge in [0.1, 0.15) is 5.52 Å². The summed E-state index contributed by atoms with van der Waals surface area (Å²) in [6.07, 6.45) is 5.90. The number of fused-ring (bicyclic) bond motifs is 1. The number of nitrogens with zero attached hydrogens (tertiary/aromatic N) is 3. The molecule has 86 valence electrons. The summed E-state index contributed by atoms with van der Waals surface area (Å²) >= 11 is 0. The molecule has 0 spiro atoms. The molecule has 2 N–H and O–H groups in total. The summed E-state index contributed by atoms with van der Waals surface area (Å²) in [5.41, 5.74) is 10.00. The predicted molar refractivity (Wildman–Crippen MR) is 65.3 cm³/mol. The lowest BCUT2D eigenvalue weighted by molar-refractivity contribution is 0.626. The molecule has 4 nitrogen and oxygen atoms in total. The van der Waals surface area contributed by atoms with Crippen molar-refractivity contribution in [2.75, 3.05) is 6.54 Å². The van der Waals surface area contributed by atoms with Gasteiger partial charge in [-0.1, -0.05) is 0 Å². The van der Waals surface area contributed by atoms with E-state index in [1.54, 1.807) is 0 Å². The molecule has 0 radical (unpaired) electrons. The van der Waals surface area contributed by atoms with Crippen LogP contribution in [0, 0.1) is 13.8 Å². The molecule has 0 amide bonds. The van der Waals surface area contributed by atoms with Gasteiger partial charge in [0.2, 0.25) is 0 Å². The molecule has 4 heteroatoms. The first kappa shape index (κ1) is 11.1. The van der Waals surface area contributed by atoms with Gasteiger partial charge in [-0.2, -0.15) is 0 Å². The molecule has 2 rings (SSSR count). The molecule has 2 heterocycles. The van der Waals surface area contributed by atoms with E-state index in [0.717, 1.165) is 37.1 Å². The molecule has 16 heavy (non-hydrogen) atoms. The van der Waals surface area contributed by atoms with Gasteiger partial charge < -0.3 is 10.3 Å². The second kappa shape index (κ2) is 4.61. The molecule has 0 aromatic carbocycles. The number of hydrogen-bond donors (Lipinski definition) is 1. The molecule has 2 aromatic rings. The Morgan fingerprint density at radius 3 is 2.81 bits per heavy atom. The van der Waals surface area contributed by atoms with Crippen LogP contribution in [-0.2, 0) is 6.54 Å². The van der Waals surface area contributed by atoms with Gasteiger partial charge in [0.25, 0.3) is 0 Å². The van der Waals surface area contributed by atoms with E-state index in [1.807, 2.05) is 19.4 Å².